The van der Waals surface area contributed by atoms with E-state index >= 15 is 0 Å². The molecule has 0 saturated heterocycles. The number of pyridine rings is 1. The first-order chi connectivity index (χ1) is 13.6. The highest BCUT2D eigenvalue weighted by molar-refractivity contribution is 6.06. The van der Waals surface area contributed by atoms with Gasteiger partial charge < -0.3 is 5.32 Å². The van der Waals surface area contributed by atoms with Gasteiger partial charge in [0, 0.05) is 12.7 Å². The maximum Gasteiger partial charge on any atom is 0.416 e. The predicted molar refractivity (Wildman–Crippen MR) is 105 cm³/mol. The number of hydrogen-bond acceptors (Lipinski definition) is 3. The summed E-state index contributed by atoms with van der Waals surface area (Å²) >= 11 is 0. The highest BCUT2D eigenvalue weighted by Crippen LogP contribution is 2.32. The fourth-order valence-corrected chi connectivity index (χ4v) is 3.53. The van der Waals surface area contributed by atoms with E-state index in [2.05, 4.69) is 15.4 Å². The third-order valence-electron chi connectivity index (χ3n) is 4.84. The maximum atomic E-state index is 13.1. The van der Waals surface area contributed by atoms with Crippen molar-refractivity contribution in [2.24, 2.45) is 7.05 Å². The van der Waals surface area contributed by atoms with Crippen LogP contribution in [-0.4, -0.2) is 20.7 Å². The molecular formula is C21H23F3N4O. The summed E-state index contributed by atoms with van der Waals surface area (Å²) in [5, 5.41) is 7.90. The number of carbonyl (C=O) groups is 1. The maximum absolute atomic E-state index is 13.1. The Labute approximate surface area is 166 Å². The SMILES string of the molecule is CCCC(NC(=O)c1cc(C)nc2c1c(C)nn2C)c1cccc(C(F)(F)F)c1. The Hall–Kier alpha value is -2.90. The quantitative estimate of drug-likeness (QED) is 0.660. The summed E-state index contributed by atoms with van der Waals surface area (Å²) in [5.41, 5.74) is 2.06. The van der Waals surface area contributed by atoms with Crippen LogP contribution >= 0.6 is 0 Å². The molecule has 0 radical (unpaired) electrons. The molecule has 0 bridgehead atoms. The summed E-state index contributed by atoms with van der Waals surface area (Å²) in [6, 6.07) is 6.26. The first kappa shape index (κ1) is 20.8. The highest BCUT2D eigenvalue weighted by Gasteiger charge is 2.31. The molecule has 8 heteroatoms. The van der Waals surface area contributed by atoms with Crippen molar-refractivity contribution in [1.82, 2.24) is 20.1 Å². The number of aryl methyl sites for hydroxylation is 3. The monoisotopic (exact) mass is 404 g/mol. The molecule has 0 fully saturated rings. The van der Waals surface area contributed by atoms with Crippen molar-refractivity contribution in [2.75, 3.05) is 0 Å². The van der Waals surface area contributed by atoms with Gasteiger partial charge in [0.2, 0.25) is 0 Å². The Bertz CT molecular complexity index is 1060. The van der Waals surface area contributed by atoms with Gasteiger partial charge in [-0.05, 0) is 44.0 Å². The first-order valence-corrected chi connectivity index (χ1v) is 9.40. The second kappa shape index (κ2) is 7.85. The molecular weight excluding hydrogens is 381 g/mol. The zero-order valence-corrected chi connectivity index (χ0v) is 16.8. The Morgan fingerprint density at radius 1 is 1.24 bits per heavy atom. The van der Waals surface area contributed by atoms with Crippen LogP contribution in [0.4, 0.5) is 13.2 Å². The summed E-state index contributed by atoms with van der Waals surface area (Å²) in [6.45, 7) is 5.51. The van der Waals surface area contributed by atoms with E-state index in [1.807, 2.05) is 6.92 Å². The molecule has 0 aliphatic carbocycles. The highest BCUT2D eigenvalue weighted by atomic mass is 19.4. The van der Waals surface area contributed by atoms with Gasteiger partial charge >= 0.3 is 6.18 Å². The van der Waals surface area contributed by atoms with Crippen LogP contribution in [0.25, 0.3) is 11.0 Å². The summed E-state index contributed by atoms with van der Waals surface area (Å²) < 4.78 is 40.9. The van der Waals surface area contributed by atoms with Crippen molar-refractivity contribution in [2.45, 2.75) is 45.8 Å². The zero-order chi connectivity index (χ0) is 21.3. The number of carbonyl (C=O) groups excluding carboxylic acids is 1. The van der Waals surface area contributed by atoms with E-state index < -0.39 is 17.8 Å². The lowest BCUT2D eigenvalue weighted by atomic mass is 9.99. The lowest BCUT2D eigenvalue weighted by Crippen LogP contribution is -2.29. The molecule has 3 rings (SSSR count). The van der Waals surface area contributed by atoms with Crippen LogP contribution in [-0.2, 0) is 13.2 Å². The van der Waals surface area contributed by atoms with E-state index in [4.69, 9.17) is 0 Å². The van der Waals surface area contributed by atoms with Crippen LogP contribution in [0.15, 0.2) is 30.3 Å². The number of nitrogens with one attached hydrogen (secondary N) is 1. The lowest BCUT2D eigenvalue weighted by Gasteiger charge is -2.20. The van der Waals surface area contributed by atoms with E-state index in [0.29, 0.717) is 46.4 Å². The second-order valence-electron chi connectivity index (χ2n) is 7.16. The molecule has 1 N–H and O–H groups in total. The van der Waals surface area contributed by atoms with Gasteiger partial charge in [0.15, 0.2) is 5.65 Å². The number of alkyl halides is 3. The Balaban J connectivity index is 1.99. The van der Waals surface area contributed by atoms with Crippen LogP contribution in [0.5, 0.6) is 0 Å². The van der Waals surface area contributed by atoms with Gasteiger partial charge in [-0.1, -0.05) is 25.5 Å². The minimum absolute atomic E-state index is 0.354. The second-order valence-corrected chi connectivity index (χ2v) is 7.16. The summed E-state index contributed by atoms with van der Waals surface area (Å²) in [7, 11) is 1.76. The Morgan fingerprint density at radius 2 is 1.97 bits per heavy atom. The summed E-state index contributed by atoms with van der Waals surface area (Å²) in [5.74, 6) is -0.354. The van der Waals surface area contributed by atoms with Crippen molar-refractivity contribution in [3.8, 4) is 0 Å². The molecule has 1 aromatic carbocycles. The van der Waals surface area contributed by atoms with E-state index in [1.165, 1.54) is 6.07 Å². The zero-order valence-electron chi connectivity index (χ0n) is 16.8. The topological polar surface area (TPSA) is 59.8 Å². The number of rotatable bonds is 5. The average Bonchev–Trinajstić information content (AvgIpc) is 2.93. The third kappa shape index (κ3) is 4.26. The Kier molecular flexibility index (Phi) is 5.64. The number of fused-ring (bicyclic) bond motifs is 1. The van der Waals surface area contributed by atoms with Gasteiger partial charge in [-0.25, -0.2) is 4.98 Å². The number of benzene rings is 1. The molecule has 3 aromatic rings. The number of nitrogens with zero attached hydrogens (tertiary/aromatic N) is 3. The summed E-state index contributed by atoms with van der Waals surface area (Å²) in [4.78, 5) is 17.6. The molecule has 2 aromatic heterocycles. The van der Waals surface area contributed by atoms with Crippen LogP contribution in [0.1, 0.15) is 58.7 Å². The molecule has 154 valence electrons. The summed E-state index contributed by atoms with van der Waals surface area (Å²) in [6.07, 6.45) is -3.21. The fraction of sp³-hybridized carbons (Fsp3) is 0.381. The number of hydrogen-bond donors (Lipinski definition) is 1. The molecule has 1 unspecified atom stereocenters. The minimum Gasteiger partial charge on any atom is -0.345 e. The molecule has 0 aliphatic rings. The molecule has 2 heterocycles. The normalized spacial score (nSPS) is 12.9. The Morgan fingerprint density at radius 3 is 2.62 bits per heavy atom. The molecule has 5 nitrogen and oxygen atoms in total. The molecule has 29 heavy (non-hydrogen) atoms. The minimum atomic E-state index is -4.43. The number of halogens is 3. The first-order valence-electron chi connectivity index (χ1n) is 9.40. The van der Waals surface area contributed by atoms with E-state index in [9.17, 15) is 18.0 Å². The lowest BCUT2D eigenvalue weighted by molar-refractivity contribution is -0.137. The van der Waals surface area contributed by atoms with Crippen molar-refractivity contribution in [1.29, 1.82) is 0 Å². The van der Waals surface area contributed by atoms with Crippen molar-refractivity contribution in [3.05, 3.63) is 58.4 Å². The van der Waals surface area contributed by atoms with Crippen molar-refractivity contribution >= 4 is 16.9 Å². The molecule has 1 amide bonds. The number of amides is 1. The van der Waals surface area contributed by atoms with E-state index in [-0.39, 0.29) is 5.91 Å². The largest absolute Gasteiger partial charge is 0.416 e. The van der Waals surface area contributed by atoms with Gasteiger partial charge in [-0.2, -0.15) is 18.3 Å². The van der Waals surface area contributed by atoms with Crippen molar-refractivity contribution < 1.29 is 18.0 Å². The standard InChI is InChI=1S/C21H23F3N4O/c1-5-7-17(14-8-6-9-15(11-14)21(22,23)24)26-20(29)16-10-12(2)25-19-18(16)13(3)27-28(19)4/h6,8-11,17H,5,7H2,1-4H3,(H,26,29). The van der Waals surface area contributed by atoms with Gasteiger partial charge in [-0.3, -0.25) is 9.48 Å². The van der Waals surface area contributed by atoms with Gasteiger partial charge in [0.05, 0.1) is 28.2 Å². The number of aromatic nitrogens is 3. The molecule has 0 saturated carbocycles. The van der Waals surface area contributed by atoms with Crippen LogP contribution < -0.4 is 5.32 Å². The van der Waals surface area contributed by atoms with Crippen LogP contribution in [0.2, 0.25) is 0 Å². The smallest absolute Gasteiger partial charge is 0.345 e. The van der Waals surface area contributed by atoms with Gasteiger partial charge in [0.25, 0.3) is 5.91 Å². The van der Waals surface area contributed by atoms with E-state index in [1.54, 1.807) is 37.7 Å². The van der Waals surface area contributed by atoms with Crippen molar-refractivity contribution in [3.63, 3.8) is 0 Å². The molecule has 0 spiro atoms. The van der Waals surface area contributed by atoms with Gasteiger partial charge in [-0.15, -0.1) is 0 Å². The van der Waals surface area contributed by atoms with Gasteiger partial charge in [0.1, 0.15) is 0 Å². The average molecular weight is 404 g/mol. The fourth-order valence-electron chi connectivity index (χ4n) is 3.53. The molecule has 0 aliphatic heterocycles. The molecule has 1 atom stereocenters. The third-order valence-corrected chi connectivity index (χ3v) is 4.84. The van der Waals surface area contributed by atoms with Crippen LogP contribution in [0, 0.1) is 13.8 Å². The van der Waals surface area contributed by atoms with Crippen LogP contribution in [0.3, 0.4) is 0 Å². The van der Waals surface area contributed by atoms with E-state index in [0.717, 1.165) is 12.1 Å². The predicted octanol–water partition coefficient (Wildman–Crippen LogP) is 4.88.